The van der Waals surface area contributed by atoms with E-state index in [0.29, 0.717) is 11.8 Å². The molecule has 3 nitrogen and oxygen atoms in total. The van der Waals surface area contributed by atoms with Crippen molar-refractivity contribution in [1.82, 2.24) is 5.32 Å². The first-order chi connectivity index (χ1) is 7.56. The molecule has 0 spiro atoms. The van der Waals surface area contributed by atoms with Crippen LogP contribution in [0.5, 0.6) is 5.75 Å². The lowest BCUT2D eigenvalue weighted by Gasteiger charge is -2.32. The molecule has 1 aromatic rings. The van der Waals surface area contributed by atoms with Crippen molar-refractivity contribution in [1.29, 1.82) is 0 Å². The molecule has 3 N–H and O–H groups in total. The molecule has 0 unspecified atom stereocenters. The lowest BCUT2D eigenvalue weighted by atomic mass is 9.89. The first kappa shape index (κ1) is 11.4. The third-order valence-electron chi connectivity index (χ3n) is 3.26. The van der Waals surface area contributed by atoms with Gasteiger partial charge in [-0.3, -0.25) is 0 Å². The SMILES string of the molecule is Cc1cc(CNC2CC(O)C2)cc(C)c1O. The highest BCUT2D eigenvalue weighted by Crippen LogP contribution is 2.24. The number of hydrogen-bond donors (Lipinski definition) is 3. The summed E-state index contributed by atoms with van der Waals surface area (Å²) in [6.45, 7) is 4.64. The van der Waals surface area contributed by atoms with Crippen LogP contribution in [0.2, 0.25) is 0 Å². The van der Waals surface area contributed by atoms with E-state index in [1.807, 2.05) is 26.0 Å². The van der Waals surface area contributed by atoms with Gasteiger partial charge in [0.25, 0.3) is 0 Å². The smallest absolute Gasteiger partial charge is 0.121 e. The van der Waals surface area contributed by atoms with Gasteiger partial charge in [0.15, 0.2) is 0 Å². The second-order valence-corrected chi connectivity index (χ2v) is 4.78. The Morgan fingerprint density at radius 2 is 1.81 bits per heavy atom. The van der Waals surface area contributed by atoms with Crippen LogP contribution < -0.4 is 5.32 Å². The standard InChI is InChI=1S/C13H19NO2/c1-8-3-10(4-9(2)13(8)16)7-14-11-5-12(15)6-11/h3-4,11-12,14-16H,5-7H2,1-2H3. The van der Waals surface area contributed by atoms with E-state index in [0.717, 1.165) is 30.5 Å². The number of aromatic hydroxyl groups is 1. The number of rotatable bonds is 3. The van der Waals surface area contributed by atoms with Crippen LogP contribution in [0, 0.1) is 13.8 Å². The van der Waals surface area contributed by atoms with Gasteiger partial charge in [-0.15, -0.1) is 0 Å². The van der Waals surface area contributed by atoms with Gasteiger partial charge in [0.2, 0.25) is 0 Å². The molecule has 0 bridgehead atoms. The molecular weight excluding hydrogens is 202 g/mol. The van der Waals surface area contributed by atoms with Crippen molar-refractivity contribution in [3.63, 3.8) is 0 Å². The van der Waals surface area contributed by atoms with Crippen LogP contribution in [0.25, 0.3) is 0 Å². The molecular formula is C13H19NO2. The van der Waals surface area contributed by atoms with Crippen molar-refractivity contribution < 1.29 is 10.2 Å². The Morgan fingerprint density at radius 1 is 1.25 bits per heavy atom. The van der Waals surface area contributed by atoms with Crippen LogP contribution in [0.3, 0.4) is 0 Å². The largest absolute Gasteiger partial charge is 0.507 e. The molecule has 0 saturated heterocycles. The highest BCUT2D eigenvalue weighted by molar-refractivity contribution is 5.42. The molecule has 16 heavy (non-hydrogen) atoms. The molecule has 1 aromatic carbocycles. The Balaban J connectivity index is 1.94. The fraction of sp³-hybridized carbons (Fsp3) is 0.538. The summed E-state index contributed by atoms with van der Waals surface area (Å²) in [5, 5.41) is 22.2. The van der Waals surface area contributed by atoms with Gasteiger partial charge in [-0.2, -0.15) is 0 Å². The molecule has 0 heterocycles. The predicted molar refractivity (Wildman–Crippen MR) is 63.4 cm³/mol. The van der Waals surface area contributed by atoms with Crippen LogP contribution >= 0.6 is 0 Å². The van der Waals surface area contributed by atoms with E-state index in [-0.39, 0.29) is 6.10 Å². The molecule has 3 heteroatoms. The molecule has 0 amide bonds. The summed E-state index contributed by atoms with van der Waals surface area (Å²) in [6, 6.07) is 4.46. The maximum absolute atomic E-state index is 9.65. The number of phenols is 1. The minimum absolute atomic E-state index is 0.110. The fourth-order valence-electron chi connectivity index (χ4n) is 2.16. The number of phenolic OH excluding ortho intramolecular Hbond substituents is 1. The van der Waals surface area contributed by atoms with Gasteiger partial charge in [-0.25, -0.2) is 0 Å². The molecule has 88 valence electrons. The molecule has 1 aliphatic rings. The molecule has 0 aromatic heterocycles. The Bertz CT molecular complexity index is 361. The van der Waals surface area contributed by atoms with Crippen molar-refractivity contribution in [2.75, 3.05) is 0 Å². The van der Waals surface area contributed by atoms with Crippen molar-refractivity contribution in [3.05, 3.63) is 28.8 Å². The Labute approximate surface area is 96.1 Å². The lowest BCUT2D eigenvalue weighted by molar-refractivity contribution is 0.0619. The van der Waals surface area contributed by atoms with Crippen LogP contribution in [0.4, 0.5) is 0 Å². The summed E-state index contributed by atoms with van der Waals surface area (Å²) in [4.78, 5) is 0. The van der Waals surface area contributed by atoms with E-state index >= 15 is 0 Å². The van der Waals surface area contributed by atoms with E-state index in [1.54, 1.807) is 0 Å². The van der Waals surface area contributed by atoms with Crippen LogP contribution in [0.1, 0.15) is 29.5 Å². The number of nitrogens with one attached hydrogen (secondary N) is 1. The van der Waals surface area contributed by atoms with Crippen molar-refractivity contribution in [2.45, 2.75) is 45.4 Å². The average Bonchev–Trinajstić information content (AvgIpc) is 2.19. The van der Waals surface area contributed by atoms with Gasteiger partial charge >= 0.3 is 0 Å². The van der Waals surface area contributed by atoms with E-state index < -0.39 is 0 Å². The number of aryl methyl sites for hydroxylation is 2. The predicted octanol–water partition coefficient (Wildman–Crippen LogP) is 1.62. The quantitative estimate of drug-likeness (QED) is 0.727. The summed E-state index contributed by atoms with van der Waals surface area (Å²) >= 11 is 0. The van der Waals surface area contributed by atoms with Gasteiger partial charge in [0, 0.05) is 12.6 Å². The first-order valence-corrected chi connectivity index (χ1v) is 5.77. The van der Waals surface area contributed by atoms with Crippen molar-refractivity contribution in [3.8, 4) is 5.75 Å². The van der Waals surface area contributed by atoms with Gasteiger partial charge in [-0.1, -0.05) is 12.1 Å². The number of benzene rings is 1. The van der Waals surface area contributed by atoms with E-state index in [4.69, 9.17) is 5.11 Å². The Hall–Kier alpha value is -1.06. The first-order valence-electron chi connectivity index (χ1n) is 5.77. The topological polar surface area (TPSA) is 52.5 Å². The number of aliphatic hydroxyl groups is 1. The van der Waals surface area contributed by atoms with Gasteiger partial charge < -0.3 is 15.5 Å². The lowest BCUT2D eigenvalue weighted by Crippen LogP contribution is -2.43. The third-order valence-corrected chi connectivity index (χ3v) is 3.26. The minimum Gasteiger partial charge on any atom is -0.507 e. The van der Waals surface area contributed by atoms with Gasteiger partial charge in [0.05, 0.1) is 6.10 Å². The zero-order valence-electron chi connectivity index (χ0n) is 9.83. The maximum Gasteiger partial charge on any atom is 0.121 e. The van der Waals surface area contributed by atoms with Crippen molar-refractivity contribution >= 4 is 0 Å². The van der Waals surface area contributed by atoms with E-state index in [9.17, 15) is 5.11 Å². The number of hydrogen-bond acceptors (Lipinski definition) is 3. The summed E-state index contributed by atoms with van der Waals surface area (Å²) in [5.41, 5.74) is 3.03. The minimum atomic E-state index is -0.110. The molecule has 1 saturated carbocycles. The second-order valence-electron chi connectivity index (χ2n) is 4.78. The fourth-order valence-corrected chi connectivity index (χ4v) is 2.16. The monoisotopic (exact) mass is 221 g/mol. The third kappa shape index (κ3) is 2.36. The van der Waals surface area contributed by atoms with Crippen LogP contribution in [0.15, 0.2) is 12.1 Å². The highest BCUT2D eigenvalue weighted by atomic mass is 16.3. The molecule has 0 atom stereocenters. The normalized spacial score (nSPS) is 24.2. The van der Waals surface area contributed by atoms with Gasteiger partial charge in [-0.05, 0) is 43.4 Å². The Morgan fingerprint density at radius 3 is 2.31 bits per heavy atom. The molecule has 0 aliphatic heterocycles. The molecule has 2 rings (SSSR count). The van der Waals surface area contributed by atoms with Crippen LogP contribution in [-0.4, -0.2) is 22.4 Å². The Kier molecular flexibility index (Phi) is 3.17. The summed E-state index contributed by atoms with van der Waals surface area (Å²) in [7, 11) is 0. The molecule has 0 radical (unpaired) electrons. The van der Waals surface area contributed by atoms with Crippen molar-refractivity contribution in [2.24, 2.45) is 0 Å². The molecule has 1 fully saturated rings. The summed E-state index contributed by atoms with van der Waals surface area (Å²) in [6.07, 6.45) is 1.60. The number of aliphatic hydroxyl groups excluding tert-OH is 1. The maximum atomic E-state index is 9.65. The molecule has 1 aliphatic carbocycles. The highest BCUT2D eigenvalue weighted by Gasteiger charge is 2.26. The van der Waals surface area contributed by atoms with E-state index in [2.05, 4.69) is 5.32 Å². The zero-order chi connectivity index (χ0) is 11.7. The van der Waals surface area contributed by atoms with E-state index in [1.165, 1.54) is 5.56 Å². The zero-order valence-corrected chi connectivity index (χ0v) is 9.83. The van der Waals surface area contributed by atoms with Gasteiger partial charge in [0.1, 0.15) is 5.75 Å². The second kappa shape index (κ2) is 4.44. The summed E-state index contributed by atoms with van der Waals surface area (Å²) < 4.78 is 0. The average molecular weight is 221 g/mol. The summed E-state index contributed by atoms with van der Waals surface area (Å²) in [5.74, 6) is 0.391. The van der Waals surface area contributed by atoms with Crippen LogP contribution in [-0.2, 0) is 6.54 Å².